The summed E-state index contributed by atoms with van der Waals surface area (Å²) in [7, 11) is 14.4. The molecule has 6 aromatic rings. The Balaban J connectivity index is 0.000000204. The first-order valence-electron chi connectivity index (χ1n) is 14.7. The molecule has 0 fully saturated rings. The molecule has 0 atom stereocenters. The number of aryl methyl sites for hydroxylation is 2. The third-order valence-electron chi connectivity index (χ3n) is 7.20. The fraction of sp³-hybridized carbons (Fsp3) is 0.211. The van der Waals surface area contributed by atoms with Crippen LogP contribution in [0.15, 0.2) is 109 Å². The van der Waals surface area contributed by atoms with E-state index in [0.717, 1.165) is 33.9 Å². The van der Waals surface area contributed by atoms with Crippen LogP contribution in [0.1, 0.15) is 25.0 Å². The molecular formula is C38H40Cl2O2SiZr. The van der Waals surface area contributed by atoms with E-state index in [1.54, 1.807) is 14.2 Å². The Hall–Kier alpha value is -2.62. The molecule has 0 saturated carbocycles. The summed E-state index contributed by atoms with van der Waals surface area (Å²) < 4.78 is 10.6. The van der Waals surface area contributed by atoms with Crippen LogP contribution in [0.25, 0.3) is 43.8 Å². The van der Waals surface area contributed by atoms with Gasteiger partial charge in [-0.1, -0.05) is 74.5 Å². The third-order valence-corrected chi connectivity index (χ3v) is 7.20. The Labute approximate surface area is 284 Å². The standard InChI is InChI=1S/2C18H17O.C2H6Si.2ClH.Zr/c2*1-3-13-10-14-7-5-9-17(18(14)11-13)15-6-4-8-16(12-15)19-2;1-3-2;;;/h2*4-12H,3H2,1-2H3;1-2H3;2*1H;/q2*-1;;;;+4/p-2. The summed E-state index contributed by atoms with van der Waals surface area (Å²) in [6.45, 7) is 8.69. The minimum atomic E-state index is -0.826. The number of benzene rings is 4. The van der Waals surface area contributed by atoms with Gasteiger partial charge in [0.05, 0.1) is 14.2 Å². The van der Waals surface area contributed by atoms with E-state index in [2.05, 4.69) is 112 Å². The van der Waals surface area contributed by atoms with Gasteiger partial charge in [0, 0.05) is 9.52 Å². The monoisotopic (exact) mass is 716 g/mol. The molecule has 0 saturated heterocycles. The zero-order valence-electron chi connectivity index (χ0n) is 26.4. The fourth-order valence-corrected chi connectivity index (χ4v) is 5.09. The number of hydrogen-bond donors (Lipinski definition) is 0. The van der Waals surface area contributed by atoms with Crippen LogP contribution in [-0.4, -0.2) is 23.7 Å². The zero-order valence-corrected chi connectivity index (χ0v) is 31.3. The molecule has 6 heteroatoms. The van der Waals surface area contributed by atoms with E-state index in [4.69, 9.17) is 26.5 Å². The Kier molecular flexibility index (Phi) is 15.5. The molecule has 0 aromatic heterocycles. The summed E-state index contributed by atoms with van der Waals surface area (Å²) in [5.41, 5.74) is 7.75. The van der Waals surface area contributed by atoms with E-state index >= 15 is 0 Å². The van der Waals surface area contributed by atoms with E-state index in [0.29, 0.717) is 0 Å². The topological polar surface area (TPSA) is 18.5 Å². The first kappa shape index (κ1) is 35.9. The molecule has 6 rings (SSSR count). The minimum absolute atomic E-state index is 0.826. The van der Waals surface area contributed by atoms with E-state index in [9.17, 15) is 0 Å². The fourth-order valence-electron chi connectivity index (χ4n) is 5.09. The van der Waals surface area contributed by atoms with Crippen LogP contribution in [0.2, 0.25) is 13.1 Å². The van der Waals surface area contributed by atoms with Crippen LogP contribution in [-0.2, 0) is 33.7 Å². The first-order chi connectivity index (χ1) is 21.5. The van der Waals surface area contributed by atoms with Crippen molar-refractivity contribution in [1.82, 2.24) is 0 Å². The van der Waals surface area contributed by atoms with Crippen molar-refractivity contribution in [3.63, 3.8) is 0 Å². The van der Waals surface area contributed by atoms with Crippen molar-refractivity contribution in [1.29, 1.82) is 0 Å². The van der Waals surface area contributed by atoms with Gasteiger partial charge in [0.1, 0.15) is 11.5 Å². The van der Waals surface area contributed by atoms with Crippen LogP contribution >= 0.6 is 17.0 Å². The van der Waals surface area contributed by atoms with Gasteiger partial charge in [-0.15, -0.1) is 69.1 Å². The molecule has 0 amide bonds. The number of methoxy groups -OCH3 is 2. The molecule has 0 aliphatic heterocycles. The van der Waals surface area contributed by atoms with Crippen LogP contribution < -0.4 is 9.47 Å². The SMILES string of the molecule is CCc1cc2c(-c3cccc(OC)c3)cccc2[cH-]1.CCc1cc2c(-c3cccc(OC)c3)cccc2[cH-]1.C[Si]C.[Cl][Zr+2][Cl]. The number of ether oxygens (including phenoxy) is 2. The van der Waals surface area contributed by atoms with Gasteiger partial charge >= 0.3 is 37.9 Å². The molecule has 0 aliphatic rings. The van der Waals surface area contributed by atoms with Gasteiger partial charge in [-0.3, -0.25) is 0 Å². The predicted octanol–water partition coefficient (Wildman–Crippen LogP) is 11.8. The van der Waals surface area contributed by atoms with Gasteiger partial charge in [0.2, 0.25) is 0 Å². The average molecular weight is 719 g/mol. The molecule has 2 radical (unpaired) electrons. The van der Waals surface area contributed by atoms with Crippen molar-refractivity contribution < 1.29 is 30.3 Å². The predicted molar refractivity (Wildman–Crippen MR) is 191 cm³/mol. The molecule has 2 nitrogen and oxygen atoms in total. The number of rotatable bonds is 6. The van der Waals surface area contributed by atoms with Crippen molar-refractivity contribution in [2.75, 3.05) is 14.2 Å². The van der Waals surface area contributed by atoms with Crippen molar-refractivity contribution in [3.05, 3.63) is 120 Å². The Morgan fingerprint density at radius 1 is 0.614 bits per heavy atom. The summed E-state index contributed by atoms with van der Waals surface area (Å²) in [6.07, 6.45) is 2.15. The van der Waals surface area contributed by atoms with E-state index in [-0.39, 0.29) is 0 Å². The maximum atomic E-state index is 5.31. The second-order valence-electron chi connectivity index (χ2n) is 10.1. The number of fused-ring (bicyclic) bond motifs is 2. The maximum absolute atomic E-state index is 5.31. The Morgan fingerprint density at radius 2 is 0.977 bits per heavy atom. The summed E-state index contributed by atoms with van der Waals surface area (Å²) in [5, 5.41) is 5.29. The summed E-state index contributed by atoms with van der Waals surface area (Å²) in [5.74, 6) is 1.80. The van der Waals surface area contributed by atoms with Gasteiger partial charge in [-0.25, -0.2) is 0 Å². The average Bonchev–Trinajstić information content (AvgIpc) is 3.70. The Morgan fingerprint density at radius 3 is 1.32 bits per heavy atom. The van der Waals surface area contributed by atoms with Crippen molar-refractivity contribution in [3.8, 4) is 33.8 Å². The van der Waals surface area contributed by atoms with Gasteiger partial charge in [-0.2, -0.15) is 12.1 Å². The van der Waals surface area contributed by atoms with Gasteiger partial charge < -0.3 is 9.47 Å². The van der Waals surface area contributed by atoms with Gasteiger partial charge in [-0.05, 0) is 48.2 Å². The molecule has 226 valence electrons. The van der Waals surface area contributed by atoms with Gasteiger partial charge in [0.15, 0.2) is 0 Å². The van der Waals surface area contributed by atoms with Crippen molar-refractivity contribution in [2.24, 2.45) is 0 Å². The van der Waals surface area contributed by atoms with E-state index in [1.807, 2.05) is 24.3 Å². The summed E-state index contributed by atoms with van der Waals surface area (Å²) >= 11 is -0.826. The van der Waals surface area contributed by atoms with Crippen molar-refractivity contribution in [2.45, 2.75) is 39.8 Å². The van der Waals surface area contributed by atoms with Crippen LogP contribution in [0, 0.1) is 0 Å². The zero-order chi connectivity index (χ0) is 31.9. The number of hydrogen-bond acceptors (Lipinski definition) is 2. The van der Waals surface area contributed by atoms with Crippen LogP contribution in [0.3, 0.4) is 0 Å². The number of halogens is 2. The molecule has 44 heavy (non-hydrogen) atoms. The summed E-state index contributed by atoms with van der Waals surface area (Å²) in [4.78, 5) is 0. The molecule has 0 unspecified atom stereocenters. The quantitative estimate of drug-likeness (QED) is 0.126. The molecule has 0 N–H and O–H groups in total. The van der Waals surface area contributed by atoms with Crippen LogP contribution in [0.5, 0.6) is 11.5 Å². The third kappa shape index (κ3) is 9.69. The normalized spacial score (nSPS) is 10.0. The van der Waals surface area contributed by atoms with E-state index < -0.39 is 20.8 Å². The molecule has 0 heterocycles. The van der Waals surface area contributed by atoms with Crippen molar-refractivity contribution >= 4 is 48.1 Å². The van der Waals surface area contributed by atoms with Gasteiger partial charge in [0.25, 0.3) is 0 Å². The molecule has 0 bridgehead atoms. The van der Waals surface area contributed by atoms with E-state index in [1.165, 1.54) is 54.9 Å². The first-order valence-corrected chi connectivity index (χ1v) is 23.0. The molecule has 6 aromatic carbocycles. The molecular weight excluding hydrogens is 679 g/mol. The molecule has 0 spiro atoms. The van der Waals surface area contributed by atoms with Crippen LogP contribution in [0.4, 0.5) is 0 Å². The Bertz CT molecular complexity index is 1600. The summed E-state index contributed by atoms with van der Waals surface area (Å²) in [6, 6.07) is 38.6. The second-order valence-corrected chi connectivity index (χ2v) is 14.8. The second kappa shape index (κ2) is 19.0. The molecule has 0 aliphatic carbocycles.